The Balaban J connectivity index is 3.67. The lowest BCUT2D eigenvalue weighted by molar-refractivity contribution is -0.162. The Hall–Kier alpha value is -0.510. The maximum atomic E-state index is 12.5. The fraction of sp³-hybridized carbons (Fsp3) is 0.222. The first-order valence-electron chi connectivity index (χ1n) is 4.12. The number of carbonyl (C=O) groups is 1. The van der Waals surface area contributed by atoms with Crippen LogP contribution in [0.4, 0.5) is 26.3 Å². The van der Waals surface area contributed by atoms with Gasteiger partial charge in [-0.1, -0.05) is 0 Å². The van der Waals surface area contributed by atoms with Crippen molar-refractivity contribution in [2.24, 2.45) is 0 Å². The molecule has 0 heterocycles. The molecule has 9 heteroatoms. The Morgan fingerprint density at radius 2 is 1.56 bits per heavy atom. The number of alkyl halides is 6. The van der Waals surface area contributed by atoms with Crippen molar-refractivity contribution in [3.63, 3.8) is 0 Å². The monoisotopic (exact) mass is 402 g/mol. The molecule has 1 aromatic carbocycles. The topological polar surface area (TPSA) is 17.1 Å². The highest BCUT2D eigenvalue weighted by molar-refractivity contribution is 14.1. The number of benzene rings is 1. The summed E-state index contributed by atoms with van der Waals surface area (Å²) >= 11 is 6.05. The molecule has 0 radical (unpaired) electrons. The van der Waals surface area contributed by atoms with Crippen molar-refractivity contribution in [3.8, 4) is 0 Å². The molecule has 0 saturated heterocycles. The number of rotatable bonds is 1. The zero-order chi connectivity index (χ0) is 14.3. The summed E-state index contributed by atoms with van der Waals surface area (Å²) in [6.07, 6.45) is -10.4. The fourth-order valence-electron chi connectivity index (χ4n) is 1.23. The molecule has 0 saturated carbocycles. The highest BCUT2D eigenvalue weighted by atomic mass is 127. The van der Waals surface area contributed by atoms with Gasteiger partial charge in [-0.2, -0.15) is 26.3 Å². The van der Waals surface area contributed by atoms with E-state index < -0.39 is 37.9 Å². The minimum Gasteiger partial charge on any atom is -0.276 e. The first-order chi connectivity index (χ1) is 7.94. The van der Waals surface area contributed by atoms with Crippen LogP contribution in [0.15, 0.2) is 12.1 Å². The molecular formula is C9H2ClF6IO. The van der Waals surface area contributed by atoms with Crippen molar-refractivity contribution in [1.82, 2.24) is 0 Å². The van der Waals surface area contributed by atoms with Gasteiger partial charge in [0.05, 0.1) is 11.1 Å². The molecule has 18 heavy (non-hydrogen) atoms. The predicted octanol–water partition coefficient (Wildman–Crippen LogP) is 4.71. The summed E-state index contributed by atoms with van der Waals surface area (Å²) in [5, 5.41) is -1.26. The van der Waals surface area contributed by atoms with Gasteiger partial charge in [0, 0.05) is 9.13 Å². The van der Waals surface area contributed by atoms with Crippen LogP contribution in [0, 0.1) is 3.57 Å². The van der Waals surface area contributed by atoms with Gasteiger partial charge in [-0.25, -0.2) is 0 Å². The Labute approximate surface area is 115 Å². The average Bonchev–Trinajstić information content (AvgIpc) is 2.12. The summed E-state index contributed by atoms with van der Waals surface area (Å²) in [5.74, 6) is 0. The molecule has 0 aliphatic rings. The zero-order valence-electron chi connectivity index (χ0n) is 8.09. The van der Waals surface area contributed by atoms with Crippen LogP contribution in [0.2, 0.25) is 0 Å². The first-order valence-corrected chi connectivity index (χ1v) is 5.58. The SMILES string of the molecule is O=C(Cl)c1cc(I)c(C(F)(F)F)c(C(F)(F)F)c1. The molecule has 0 unspecified atom stereocenters. The van der Waals surface area contributed by atoms with Gasteiger partial charge in [0.1, 0.15) is 0 Å². The minimum absolute atomic E-state index is 0.0975. The molecule has 0 N–H and O–H groups in total. The summed E-state index contributed by atoms with van der Waals surface area (Å²) in [7, 11) is 0. The molecule has 0 aliphatic carbocycles. The van der Waals surface area contributed by atoms with E-state index in [9.17, 15) is 31.1 Å². The molecule has 100 valence electrons. The predicted molar refractivity (Wildman–Crippen MR) is 59.3 cm³/mol. The van der Waals surface area contributed by atoms with Crippen molar-refractivity contribution >= 4 is 39.4 Å². The highest BCUT2D eigenvalue weighted by Gasteiger charge is 2.45. The lowest BCUT2D eigenvalue weighted by atomic mass is 10.0. The summed E-state index contributed by atoms with van der Waals surface area (Å²) in [6, 6.07) is 0.758. The van der Waals surface area contributed by atoms with Crippen LogP contribution < -0.4 is 0 Å². The van der Waals surface area contributed by atoms with Crippen LogP contribution in [-0.4, -0.2) is 5.24 Å². The first kappa shape index (κ1) is 15.5. The Morgan fingerprint density at radius 1 is 1.06 bits per heavy atom. The fourth-order valence-corrected chi connectivity index (χ4v) is 2.27. The lowest BCUT2D eigenvalue weighted by Crippen LogP contribution is -2.19. The van der Waals surface area contributed by atoms with Gasteiger partial charge < -0.3 is 0 Å². The van der Waals surface area contributed by atoms with E-state index in [2.05, 4.69) is 0 Å². The standard InChI is InChI=1S/C9H2ClF6IO/c10-7(18)3-1-4(8(11,12)13)6(5(17)2-3)9(14,15)16/h1-2H. The summed E-state index contributed by atoms with van der Waals surface area (Å²) < 4.78 is 74.5. The summed E-state index contributed by atoms with van der Waals surface area (Å²) in [5.41, 5.74) is -4.38. The molecule has 0 aromatic heterocycles. The molecule has 0 atom stereocenters. The van der Waals surface area contributed by atoms with Gasteiger partial charge in [-0.05, 0) is 46.3 Å². The lowest BCUT2D eigenvalue weighted by Gasteiger charge is -2.17. The zero-order valence-corrected chi connectivity index (χ0v) is 11.0. The highest BCUT2D eigenvalue weighted by Crippen LogP contribution is 2.43. The third-order valence-electron chi connectivity index (χ3n) is 1.91. The van der Waals surface area contributed by atoms with Gasteiger partial charge in [0.15, 0.2) is 0 Å². The van der Waals surface area contributed by atoms with Gasteiger partial charge >= 0.3 is 12.4 Å². The number of hydrogen-bond acceptors (Lipinski definition) is 1. The molecule has 0 amide bonds. The smallest absolute Gasteiger partial charge is 0.276 e. The van der Waals surface area contributed by atoms with E-state index in [-0.39, 0.29) is 6.07 Å². The molecule has 0 bridgehead atoms. The van der Waals surface area contributed by atoms with Crippen molar-refractivity contribution in [1.29, 1.82) is 0 Å². The molecule has 0 fully saturated rings. The molecule has 1 rings (SSSR count). The van der Waals surface area contributed by atoms with E-state index in [4.69, 9.17) is 11.6 Å². The third kappa shape index (κ3) is 3.28. The van der Waals surface area contributed by atoms with Gasteiger partial charge in [-0.15, -0.1) is 0 Å². The second kappa shape index (κ2) is 4.87. The van der Waals surface area contributed by atoms with E-state index in [1.807, 2.05) is 0 Å². The normalized spacial score (nSPS) is 12.7. The van der Waals surface area contributed by atoms with Crippen molar-refractivity contribution < 1.29 is 31.1 Å². The van der Waals surface area contributed by atoms with Crippen molar-refractivity contribution in [3.05, 3.63) is 32.4 Å². The van der Waals surface area contributed by atoms with Crippen molar-refractivity contribution in [2.45, 2.75) is 12.4 Å². The van der Waals surface area contributed by atoms with E-state index in [0.717, 1.165) is 22.6 Å². The summed E-state index contributed by atoms with van der Waals surface area (Å²) in [6.45, 7) is 0. The van der Waals surface area contributed by atoms with Crippen LogP contribution in [0.1, 0.15) is 21.5 Å². The van der Waals surface area contributed by atoms with Gasteiger partial charge in [0.25, 0.3) is 5.24 Å². The molecule has 0 aliphatic heterocycles. The van der Waals surface area contributed by atoms with Crippen LogP contribution in [0.25, 0.3) is 0 Å². The van der Waals surface area contributed by atoms with Crippen LogP contribution >= 0.6 is 34.2 Å². The Morgan fingerprint density at radius 3 is 1.89 bits per heavy atom. The van der Waals surface area contributed by atoms with E-state index in [0.29, 0.717) is 6.07 Å². The number of hydrogen-bond donors (Lipinski definition) is 0. The van der Waals surface area contributed by atoms with E-state index in [1.165, 1.54) is 0 Å². The van der Waals surface area contributed by atoms with Crippen molar-refractivity contribution in [2.75, 3.05) is 0 Å². The number of carbonyl (C=O) groups excluding carboxylic acids is 1. The largest absolute Gasteiger partial charge is 0.418 e. The molecule has 0 spiro atoms. The second-order valence-electron chi connectivity index (χ2n) is 3.15. The van der Waals surface area contributed by atoms with Gasteiger partial charge in [-0.3, -0.25) is 4.79 Å². The van der Waals surface area contributed by atoms with Crippen LogP contribution in [-0.2, 0) is 12.4 Å². The van der Waals surface area contributed by atoms with Gasteiger partial charge in [0.2, 0.25) is 0 Å². The Bertz CT molecular complexity index is 493. The second-order valence-corrected chi connectivity index (χ2v) is 4.66. The maximum Gasteiger partial charge on any atom is 0.418 e. The quantitative estimate of drug-likeness (QED) is 0.378. The minimum atomic E-state index is -5.23. The van der Waals surface area contributed by atoms with E-state index >= 15 is 0 Å². The maximum absolute atomic E-state index is 12.5. The summed E-state index contributed by atoms with van der Waals surface area (Å²) in [4.78, 5) is 10.8. The molecule has 1 aromatic rings. The van der Waals surface area contributed by atoms with Crippen LogP contribution in [0.5, 0.6) is 0 Å². The third-order valence-corrected chi connectivity index (χ3v) is 2.98. The molecule has 1 nitrogen and oxygen atoms in total. The Kier molecular flexibility index (Phi) is 4.21. The molecular weight excluding hydrogens is 400 g/mol. The van der Waals surface area contributed by atoms with Crippen LogP contribution in [0.3, 0.4) is 0 Å². The van der Waals surface area contributed by atoms with E-state index in [1.54, 1.807) is 0 Å². The number of halogens is 8. The average molecular weight is 402 g/mol.